The number of carbonyl (C=O) groups is 2. The van der Waals surface area contributed by atoms with Crippen molar-refractivity contribution in [2.45, 2.75) is 38.9 Å². The van der Waals surface area contributed by atoms with E-state index in [2.05, 4.69) is 0 Å². The number of rotatable bonds is 2. The van der Waals surface area contributed by atoms with Crippen LogP contribution in [0.3, 0.4) is 0 Å². The van der Waals surface area contributed by atoms with Crippen molar-refractivity contribution in [3.63, 3.8) is 0 Å². The van der Waals surface area contributed by atoms with Gasteiger partial charge in [-0.05, 0) is 20.8 Å². The highest BCUT2D eigenvalue weighted by Gasteiger charge is 2.37. The monoisotopic (exact) mass is 270 g/mol. The molecule has 0 aromatic carbocycles. The van der Waals surface area contributed by atoms with E-state index in [4.69, 9.17) is 4.74 Å². The normalized spacial score (nSPS) is 24.6. The van der Waals surface area contributed by atoms with E-state index in [-0.39, 0.29) is 18.4 Å². The van der Waals surface area contributed by atoms with Gasteiger partial charge in [-0.1, -0.05) is 0 Å². The zero-order valence-electron chi connectivity index (χ0n) is 11.8. The molecule has 0 spiro atoms. The standard InChI is InChI=1S/C13H22N2O4/c1-13(2,3)19-12(18)15-6-9(7-15)5-14-8-10(16)4-11(14)17/h9-10,16H,4-8H2,1-3H3. The molecular weight excluding hydrogens is 248 g/mol. The van der Waals surface area contributed by atoms with Crippen molar-refractivity contribution in [2.75, 3.05) is 26.2 Å². The summed E-state index contributed by atoms with van der Waals surface area (Å²) in [7, 11) is 0. The Hall–Kier alpha value is -1.30. The summed E-state index contributed by atoms with van der Waals surface area (Å²) in [5.74, 6) is 0.296. The largest absolute Gasteiger partial charge is 0.444 e. The zero-order valence-corrected chi connectivity index (χ0v) is 11.8. The number of hydrogen-bond donors (Lipinski definition) is 1. The molecular formula is C13H22N2O4. The zero-order chi connectivity index (χ0) is 14.2. The van der Waals surface area contributed by atoms with Gasteiger partial charge in [0, 0.05) is 32.1 Å². The third kappa shape index (κ3) is 3.59. The van der Waals surface area contributed by atoms with Crippen LogP contribution >= 0.6 is 0 Å². The lowest BCUT2D eigenvalue weighted by atomic mass is 10.0. The molecule has 0 saturated carbocycles. The Morgan fingerprint density at radius 3 is 2.47 bits per heavy atom. The van der Waals surface area contributed by atoms with Crippen molar-refractivity contribution in [2.24, 2.45) is 5.92 Å². The molecule has 0 aromatic rings. The first-order chi connectivity index (χ1) is 8.74. The second-order valence-corrected chi connectivity index (χ2v) is 6.41. The minimum absolute atomic E-state index is 0.00298. The van der Waals surface area contributed by atoms with Crippen LogP contribution in [0.5, 0.6) is 0 Å². The van der Waals surface area contributed by atoms with Crippen molar-refractivity contribution in [3.05, 3.63) is 0 Å². The molecule has 2 heterocycles. The minimum atomic E-state index is -0.533. The molecule has 6 nitrogen and oxygen atoms in total. The van der Waals surface area contributed by atoms with Crippen LogP contribution in [-0.2, 0) is 9.53 Å². The Labute approximate surface area is 113 Å². The van der Waals surface area contributed by atoms with Gasteiger partial charge in [0.25, 0.3) is 0 Å². The van der Waals surface area contributed by atoms with Crippen LogP contribution in [0.25, 0.3) is 0 Å². The lowest BCUT2D eigenvalue weighted by Gasteiger charge is -2.41. The first-order valence-electron chi connectivity index (χ1n) is 6.68. The number of ether oxygens (including phenoxy) is 1. The SMILES string of the molecule is CC(C)(C)OC(=O)N1CC(CN2CC(O)CC2=O)C1. The van der Waals surface area contributed by atoms with Crippen LogP contribution in [0.2, 0.25) is 0 Å². The fourth-order valence-corrected chi connectivity index (χ4v) is 2.40. The lowest BCUT2D eigenvalue weighted by Crippen LogP contribution is -2.55. The predicted molar refractivity (Wildman–Crippen MR) is 68.5 cm³/mol. The second-order valence-electron chi connectivity index (χ2n) is 6.41. The molecule has 2 aliphatic rings. The number of carbonyl (C=O) groups excluding carboxylic acids is 2. The van der Waals surface area contributed by atoms with E-state index < -0.39 is 11.7 Å². The summed E-state index contributed by atoms with van der Waals surface area (Å²) >= 11 is 0. The van der Waals surface area contributed by atoms with E-state index in [9.17, 15) is 14.7 Å². The number of hydrogen-bond acceptors (Lipinski definition) is 4. The number of aliphatic hydroxyl groups is 1. The summed E-state index contributed by atoms with van der Waals surface area (Å²) in [6, 6.07) is 0. The summed E-state index contributed by atoms with van der Waals surface area (Å²) in [4.78, 5) is 26.6. The van der Waals surface area contributed by atoms with Crippen LogP contribution in [-0.4, -0.2) is 64.8 Å². The van der Waals surface area contributed by atoms with Gasteiger partial charge in [-0.25, -0.2) is 4.79 Å². The fraction of sp³-hybridized carbons (Fsp3) is 0.846. The fourth-order valence-electron chi connectivity index (χ4n) is 2.40. The Morgan fingerprint density at radius 2 is 2.00 bits per heavy atom. The van der Waals surface area contributed by atoms with Gasteiger partial charge in [0.2, 0.25) is 5.91 Å². The van der Waals surface area contributed by atoms with E-state index in [1.165, 1.54) is 0 Å². The second kappa shape index (κ2) is 5.00. The first kappa shape index (κ1) is 14.1. The number of aliphatic hydroxyl groups excluding tert-OH is 1. The summed E-state index contributed by atoms with van der Waals surface area (Å²) in [5, 5.41) is 9.39. The lowest BCUT2D eigenvalue weighted by molar-refractivity contribution is -0.128. The highest BCUT2D eigenvalue weighted by molar-refractivity contribution is 5.79. The highest BCUT2D eigenvalue weighted by Crippen LogP contribution is 2.22. The van der Waals surface area contributed by atoms with E-state index >= 15 is 0 Å². The summed E-state index contributed by atoms with van der Waals surface area (Å²) < 4.78 is 5.26. The molecule has 0 bridgehead atoms. The van der Waals surface area contributed by atoms with Crippen LogP contribution in [0.1, 0.15) is 27.2 Å². The van der Waals surface area contributed by atoms with Crippen LogP contribution in [0.15, 0.2) is 0 Å². The molecule has 2 amide bonds. The first-order valence-corrected chi connectivity index (χ1v) is 6.68. The van der Waals surface area contributed by atoms with E-state index in [1.807, 2.05) is 20.8 Å². The molecule has 0 aromatic heterocycles. The molecule has 108 valence electrons. The smallest absolute Gasteiger partial charge is 0.410 e. The van der Waals surface area contributed by atoms with Gasteiger partial charge in [-0.3, -0.25) is 4.79 Å². The maximum Gasteiger partial charge on any atom is 0.410 e. The predicted octanol–water partition coefficient (Wildman–Crippen LogP) is 0.446. The van der Waals surface area contributed by atoms with E-state index in [0.717, 1.165) is 0 Å². The van der Waals surface area contributed by atoms with Crippen LogP contribution in [0, 0.1) is 5.92 Å². The van der Waals surface area contributed by atoms with Crippen molar-refractivity contribution in [1.29, 1.82) is 0 Å². The topological polar surface area (TPSA) is 70.1 Å². The van der Waals surface area contributed by atoms with Crippen molar-refractivity contribution in [3.8, 4) is 0 Å². The molecule has 2 rings (SSSR count). The molecule has 2 aliphatic heterocycles. The van der Waals surface area contributed by atoms with Gasteiger partial charge in [0.05, 0.1) is 12.5 Å². The maximum absolute atomic E-state index is 11.7. The van der Waals surface area contributed by atoms with Crippen LogP contribution in [0.4, 0.5) is 4.79 Å². The third-order valence-electron chi connectivity index (χ3n) is 3.28. The molecule has 2 saturated heterocycles. The van der Waals surface area contributed by atoms with Gasteiger partial charge in [0.1, 0.15) is 5.60 Å². The molecule has 1 unspecified atom stereocenters. The highest BCUT2D eigenvalue weighted by atomic mass is 16.6. The van der Waals surface area contributed by atoms with E-state index in [0.29, 0.717) is 32.1 Å². The quantitative estimate of drug-likeness (QED) is 0.791. The van der Waals surface area contributed by atoms with Crippen molar-refractivity contribution >= 4 is 12.0 Å². The Balaban J connectivity index is 1.72. The number of nitrogens with zero attached hydrogens (tertiary/aromatic N) is 2. The summed E-state index contributed by atoms with van der Waals surface area (Å²) in [6.07, 6.45) is -0.603. The summed E-state index contributed by atoms with van der Waals surface area (Å²) in [5.41, 5.74) is -0.475. The molecule has 19 heavy (non-hydrogen) atoms. The maximum atomic E-state index is 11.7. The number of likely N-dealkylation sites (tertiary alicyclic amines) is 2. The average Bonchev–Trinajstić information content (AvgIpc) is 2.47. The van der Waals surface area contributed by atoms with Crippen molar-refractivity contribution in [1.82, 2.24) is 9.80 Å². The molecule has 0 radical (unpaired) electrons. The molecule has 1 N–H and O–H groups in total. The van der Waals surface area contributed by atoms with Crippen LogP contribution < -0.4 is 0 Å². The summed E-state index contributed by atoms with van der Waals surface area (Å²) in [6.45, 7) is 7.80. The molecule has 1 atom stereocenters. The molecule has 6 heteroatoms. The number of amides is 2. The Bertz CT molecular complexity index is 371. The van der Waals surface area contributed by atoms with E-state index in [1.54, 1.807) is 9.80 Å². The van der Waals surface area contributed by atoms with Gasteiger partial charge >= 0.3 is 6.09 Å². The van der Waals surface area contributed by atoms with Gasteiger partial charge in [0.15, 0.2) is 0 Å². The van der Waals surface area contributed by atoms with Gasteiger partial charge in [-0.15, -0.1) is 0 Å². The number of β-amino-alcohol motifs (C(OH)–C–C–N with tert-alkyl or cyclic N) is 1. The Morgan fingerprint density at radius 1 is 1.37 bits per heavy atom. The van der Waals surface area contributed by atoms with Gasteiger partial charge < -0.3 is 19.6 Å². The van der Waals surface area contributed by atoms with Gasteiger partial charge in [-0.2, -0.15) is 0 Å². The van der Waals surface area contributed by atoms with Crippen molar-refractivity contribution < 1.29 is 19.4 Å². The Kier molecular flexibility index (Phi) is 3.71. The minimum Gasteiger partial charge on any atom is -0.444 e. The third-order valence-corrected chi connectivity index (χ3v) is 3.28. The molecule has 0 aliphatic carbocycles. The average molecular weight is 270 g/mol. The molecule has 2 fully saturated rings.